The summed E-state index contributed by atoms with van der Waals surface area (Å²) in [7, 11) is 0. The van der Waals surface area contributed by atoms with Gasteiger partial charge in [0.25, 0.3) is 5.91 Å². The number of benzene rings is 1. The fraction of sp³-hybridized carbons (Fsp3) is 0.471. The number of ether oxygens (including phenoxy) is 1. The van der Waals surface area contributed by atoms with E-state index in [4.69, 9.17) is 4.74 Å². The average molecular weight is 386 g/mol. The Morgan fingerprint density at radius 2 is 1.96 bits per heavy atom. The quantitative estimate of drug-likeness (QED) is 0.580. The van der Waals surface area contributed by atoms with Gasteiger partial charge >= 0.3 is 12.0 Å². The predicted molar refractivity (Wildman–Crippen MR) is 91.6 cm³/mol. The number of urea groups is 1. The Hall–Kier alpha value is -2.16. The van der Waals surface area contributed by atoms with Crippen LogP contribution in [0.5, 0.6) is 0 Å². The summed E-state index contributed by atoms with van der Waals surface area (Å²) in [5.74, 6) is -3.11. The first kappa shape index (κ1) is 20.2. The lowest BCUT2D eigenvalue weighted by Gasteiger charge is -2.15. The van der Waals surface area contributed by atoms with Gasteiger partial charge in [-0.25, -0.2) is 13.6 Å². The number of carbonyl (C=O) groups excluding carboxylic acids is 3. The summed E-state index contributed by atoms with van der Waals surface area (Å²) in [5, 5.41) is 4.80. The van der Waals surface area contributed by atoms with Crippen molar-refractivity contribution in [3.63, 3.8) is 0 Å². The van der Waals surface area contributed by atoms with Crippen molar-refractivity contribution in [3.05, 3.63) is 29.8 Å². The van der Waals surface area contributed by atoms with E-state index in [1.165, 1.54) is 6.92 Å². The maximum atomic E-state index is 13.5. The van der Waals surface area contributed by atoms with E-state index in [0.717, 1.165) is 55.6 Å². The van der Waals surface area contributed by atoms with Gasteiger partial charge in [-0.15, -0.1) is 11.8 Å². The molecule has 0 aromatic heterocycles. The van der Waals surface area contributed by atoms with E-state index in [1.807, 2.05) is 0 Å². The van der Waals surface area contributed by atoms with Crippen LogP contribution >= 0.6 is 11.8 Å². The van der Waals surface area contributed by atoms with Gasteiger partial charge in [0.15, 0.2) is 6.10 Å². The van der Waals surface area contributed by atoms with E-state index in [2.05, 4.69) is 10.6 Å². The summed E-state index contributed by atoms with van der Waals surface area (Å²) in [6, 6.07) is 2.33. The minimum Gasteiger partial charge on any atom is -0.452 e. The summed E-state index contributed by atoms with van der Waals surface area (Å²) < 4.78 is 31.4. The number of imide groups is 1. The Labute approximate surface area is 154 Å². The van der Waals surface area contributed by atoms with Crippen LogP contribution in [0.4, 0.5) is 13.6 Å². The highest BCUT2D eigenvalue weighted by Gasteiger charge is 2.22. The summed E-state index contributed by atoms with van der Waals surface area (Å²) >= 11 is 0.758. The van der Waals surface area contributed by atoms with Crippen LogP contribution in [-0.2, 0) is 14.3 Å². The number of esters is 1. The number of halogens is 2. The molecule has 1 aliphatic rings. The summed E-state index contributed by atoms with van der Waals surface area (Å²) in [6.07, 6.45) is 2.64. The van der Waals surface area contributed by atoms with Gasteiger partial charge in [-0.05, 0) is 38.0 Å². The summed E-state index contributed by atoms with van der Waals surface area (Å²) in [6.45, 7) is 1.32. The average Bonchev–Trinajstić information content (AvgIpc) is 3.08. The van der Waals surface area contributed by atoms with E-state index in [0.29, 0.717) is 0 Å². The highest BCUT2D eigenvalue weighted by molar-refractivity contribution is 8.00. The molecule has 1 aromatic carbocycles. The Morgan fingerprint density at radius 1 is 1.27 bits per heavy atom. The molecule has 2 N–H and O–H groups in total. The molecule has 1 aromatic rings. The zero-order valence-electron chi connectivity index (χ0n) is 14.2. The van der Waals surface area contributed by atoms with Gasteiger partial charge in [0.1, 0.15) is 11.6 Å². The maximum Gasteiger partial charge on any atom is 0.321 e. The summed E-state index contributed by atoms with van der Waals surface area (Å²) in [4.78, 5) is 35.3. The Balaban J connectivity index is 1.73. The number of thioether (sulfide) groups is 1. The molecule has 1 atom stereocenters. The molecule has 6 nitrogen and oxygen atoms in total. The van der Waals surface area contributed by atoms with Gasteiger partial charge in [-0.3, -0.25) is 14.9 Å². The first-order valence-electron chi connectivity index (χ1n) is 8.24. The van der Waals surface area contributed by atoms with Gasteiger partial charge in [-0.2, -0.15) is 0 Å². The topological polar surface area (TPSA) is 84.5 Å². The number of carbonyl (C=O) groups is 3. The molecule has 0 heterocycles. The molecule has 9 heteroatoms. The molecule has 1 saturated carbocycles. The second kappa shape index (κ2) is 9.51. The minimum absolute atomic E-state index is 0.0324. The number of hydrogen-bond donors (Lipinski definition) is 2. The van der Waals surface area contributed by atoms with Crippen LogP contribution in [0.2, 0.25) is 0 Å². The van der Waals surface area contributed by atoms with Crippen LogP contribution in [-0.4, -0.2) is 35.8 Å². The smallest absolute Gasteiger partial charge is 0.321 e. The fourth-order valence-electron chi connectivity index (χ4n) is 2.51. The molecule has 0 aliphatic heterocycles. The van der Waals surface area contributed by atoms with Gasteiger partial charge in [0, 0.05) is 10.9 Å². The van der Waals surface area contributed by atoms with E-state index in [9.17, 15) is 23.2 Å². The fourth-order valence-corrected chi connectivity index (χ4v) is 3.26. The van der Waals surface area contributed by atoms with Crippen LogP contribution in [0.1, 0.15) is 32.6 Å². The highest BCUT2D eigenvalue weighted by Crippen LogP contribution is 2.22. The van der Waals surface area contributed by atoms with Crippen molar-refractivity contribution in [2.45, 2.75) is 49.6 Å². The van der Waals surface area contributed by atoms with Crippen molar-refractivity contribution in [1.82, 2.24) is 10.6 Å². The van der Waals surface area contributed by atoms with Crippen LogP contribution in [0.25, 0.3) is 0 Å². The van der Waals surface area contributed by atoms with Crippen molar-refractivity contribution in [1.29, 1.82) is 0 Å². The molecule has 26 heavy (non-hydrogen) atoms. The number of amides is 3. The molecule has 0 saturated heterocycles. The van der Waals surface area contributed by atoms with Gasteiger partial charge in [0.05, 0.1) is 5.75 Å². The lowest BCUT2D eigenvalue weighted by atomic mass is 10.2. The molecule has 3 amide bonds. The number of rotatable bonds is 6. The molecular formula is C17H20F2N2O4S. The molecule has 1 aliphatic carbocycles. The SMILES string of the molecule is C[C@H](OC(=O)CSc1cc(F)ccc1F)C(=O)NC(=O)NC1CCCC1. The second-order valence-electron chi connectivity index (χ2n) is 5.94. The second-order valence-corrected chi connectivity index (χ2v) is 6.96. The third kappa shape index (κ3) is 6.29. The molecule has 142 valence electrons. The van der Waals surface area contributed by atoms with Crippen molar-refractivity contribution in [2.75, 3.05) is 5.75 Å². The van der Waals surface area contributed by atoms with Crippen LogP contribution in [0, 0.1) is 11.6 Å². The monoisotopic (exact) mass is 386 g/mol. The molecule has 0 bridgehead atoms. The number of hydrogen-bond acceptors (Lipinski definition) is 5. The van der Waals surface area contributed by atoms with Crippen molar-refractivity contribution in [3.8, 4) is 0 Å². The minimum atomic E-state index is -1.19. The Bertz CT molecular complexity index is 681. The largest absolute Gasteiger partial charge is 0.452 e. The van der Waals surface area contributed by atoms with Crippen molar-refractivity contribution >= 4 is 29.7 Å². The normalized spacial score (nSPS) is 15.3. The van der Waals surface area contributed by atoms with Crippen LogP contribution in [0.15, 0.2) is 23.1 Å². The Kier molecular flexibility index (Phi) is 7.38. The van der Waals surface area contributed by atoms with E-state index in [-0.39, 0.29) is 16.7 Å². The van der Waals surface area contributed by atoms with E-state index in [1.54, 1.807) is 0 Å². The molecule has 1 fully saturated rings. The molecular weight excluding hydrogens is 366 g/mol. The standard InChI is InChI=1S/C17H20F2N2O4S/c1-10(16(23)21-17(24)20-12-4-2-3-5-12)25-15(22)9-26-14-8-11(18)6-7-13(14)19/h6-8,10,12H,2-5,9H2,1H3,(H2,20,21,23,24)/t10-/m0/s1. The number of nitrogens with one attached hydrogen (secondary N) is 2. The van der Waals surface area contributed by atoms with Gasteiger partial charge in [0.2, 0.25) is 0 Å². The van der Waals surface area contributed by atoms with Gasteiger partial charge in [-0.1, -0.05) is 12.8 Å². The zero-order chi connectivity index (χ0) is 19.1. The lowest BCUT2D eigenvalue weighted by molar-refractivity contribution is -0.151. The van der Waals surface area contributed by atoms with Crippen molar-refractivity contribution < 1.29 is 27.9 Å². The predicted octanol–water partition coefficient (Wildman–Crippen LogP) is 2.76. The van der Waals surface area contributed by atoms with E-state index < -0.39 is 35.6 Å². The van der Waals surface area contributed by atoms with Gasteiger partial charge < -0.3 is 10.1 Å². The van der Waals surface area contributed by atoms with Crippen molar-refractivity contribution in [2.24, 2.45) is 0 Å². The third-order valence-electron chi connectivity index (χ3n) is 3.84. The maximum absolute atomic E-state index is 13.5. The highest BCUT2D eigenvalue weighted by atomic mass is 32.2. The first-order valence-corrected chi connectivity index (χ1v) is 9.22. The van der Waals surface area contributed by atoms with E-state index >= 15 is 0 Å². The molecule has 0 spiro atoms. The lowest BCUT2D eigenvalue weighted by Crippen LogP contribution is -2.47. The third-order valence-corrected chi connectivity index (χ3v) is 4.85. The van der Waals surface area contributed by atoms with Crippen LogP contribution in [0.3, 0.4) is 0 Å². The van der Waals surface area contributed by atoms with Crippen LogP contribution < -0.4 is 10.6 Å². The zero-order valence-corrected chi connectivity index (χ0v) is 15.0. The summed E-state index contributed by atoms with van der Waals surface area (Å²) in [5.41, 5.74) is 0. The first-order chi connectivity index (χ1) is 12.3. The molecule has 0 unspecified atom stereocenters. The molecule has 0 radical (unpaired) electrons. The molecule has 2 rings (SSSR count). The Morgan fingerprint density at radius 3 is 2.65 bits per heavy atom.